The minimum Gasteiger partial charge on any atom is -0.481 e. The van der Waals surface area contributed by atoms with Gasteiger partial charge < -0.3 is 163 Å². The maximum Gasteiger partial charge on any atom is 0.305 e. The molecule has 1 aliphatic heterocycles. The van der Waals surface area contributed by atoms with Crippen LogP contribution in [0.1, 0.15) is 200 Å². The summed E-state index contributed by atoms with van der Waals surface area (Å²) < 4.78 is 116. The van der Waals surface area contributed by atoms with Crippen molar-refractivity contribution in [2.24, 2.45) is 5.73 Å². The molecule has 132 heavy (non-hydrogen) atoms. The number of aliphatic hydroxyl groups is 8. The lowest BCUT2D eigenvalue weighted by Gasteiger charge is -2.21. The predicted molar refractivity (Wildman–Crippen MR) is 476 cm³/mol. The maximum absolute atomic E-state index is 11.9. The van der Waals surface area contributed by atoms with Crippen LogP contribution in [0.25, 0.3) is 0 Å². The fourth-order valence-electron chi connectivity index (χ4n) is 9.01. The first kappa shape index (κ1) is 133. The minimum atomic E-state index is -1.02. The number of carbonyl (C=O) groups is 12. The number of rotatable bonds is 72. The van der Waals surface area contributed by atoms with Crippen LogP contribution in [0.2, 0.25) is 0 Å². The number of carbonyl (C=O) groups excluding carboxylic acids is 10. The minimum absolute atomic E-state index is 0.00954. The topological polar surface area (TPSA) is 651 Å². The van der Waals surface area contributed by atoms with Crippen molar-refractivity contribution in [1.29, 1.82) is 0 Å². The van der Waals surface area contributed by atoms with Crippen LogP contribution in [-0.2, 0) is 143 Å². The van der Waals surface area contributed by atoms with Gasteiger partial charge in [0.1, 0.15) is 26.4 Å². The van der Waals surface area contributed by atoms with Gasteiger partial charge in [0.05, 0.1) is 127 Å². The molecule has 780 valence electrons. The molecule has 0 aliphatic carbocycles. The van der Waals surface area contributed by atoms with Crippen molar-refractivity contribution in [1.82, 2.24) is 26.2 Å². The van der Waals surface area contributed by atoms with Gasteiger partial charge in [-0.15, -0.1) is 0 Å². The molecule has 0 aromatic rings. The van der Waals surface area contributed by atoms with Gasteiger partial charge in [-0.05, 0) is 84.1 Å². The molecule has 0 saturated heterocycles. The van der Waals surface area contributed by atoms with Gasteiger partial charge in [-0.2, -0.15) is 0 Å². The molecule has 0 aromatic heterocycles. The lowest BCUT2D eigenvalue weighted by atomic mass is 10.2. The van der Waals surface area contributed by atoms with E-state index < -0.39 is 104 Å². The highest BCUT2D eigenvalue weighted by molar-refractivity contribution is 7.09. The molecule has 13 atom stereocenters. The Morgan fingerprint density at radius 1 is 0.371 bits per heavy atom. The van der Waals surface area contributed by atoms with Gasteiger partial charge in [0.25, 0.3) is 11.8 Å². The molecule has 13 unspecified atom stereocenters. The summed E-state index contributed by atoms with van der Waals surface area (Å²) >= 11 is 0. The first-order valence-corrected chi connectivity index (χ1v) is 43.8. The molecule has 46 nitrogen and oxygen atoms in total. The molecule has 0 saturated carbocycles. The molecule has 0 radical (unpaired) electrons. The number of esters is 4. The van der Waals surface area contributed by atoms with E-state index in [1.165, 1.54) is 54.8 Å². The number of nitrogens with one attached hydrogen (secondary N) is 4. The van der Waals surface area contributed by atoms with E-state index >= 15 is 0 Å². The first-order valence-electron chi connectivity index (χ1n) is 44.4. The summed E-state index contributed by atoms with van der Waals surface area (Å²) in [6.07, 6.45) is 1.58. The van der Waals surface area contributed by atoms with E-state index in [1.807, 2.05) is 41.5 Å². The Balaban J connectivity index is -0.000000305. The third kappa shape index (κ3) is 90.8. The first-order chi connectivity index (χ1) is 63.5. The van der Waals surface area contributed by atoms with E-state index in [0.29, 0.717) is 51.4 Å². The number of carboxylic acids is 2. The molecule has 0 spiro atoms. The van der Waals surface area contributed by atoms with Gasteiger partial charge in [-0.25, -0.2) is 4.20 Å². The van der Waals surface area contributed by atoms with Crippen LogP contribution in [0.3, 0.4) is 0 Å². The quantitative estimate of drug-likeness (QED) is 0.0102. The summed E-state index contributed by atoms with van der Waals surface area (Å²) in [4.78, 5) is 138. The highest BCUT2D eigenvalue weighted by atomic mass is 31.1. The average molecular weight is 1950 g/mol. The molecule has 1 aliphatic rings. The Morgan fingerprint density at radius 3 is 0.879 bits per heavy atom. The molecule has 48 heteroatoms. The van der Waals surface area contributed by atoms with Crippen LogP contribution in [-0.4, -0.2) is 388 Å². The van der Waals surface area contributed by atoms with E-state index in [-0.39, 0.29) is 263 Å². The molecule has 0 fully saturated rings. The number of aliphatic carboxylic acids is 2. The van der Waals surface area contributed by atoms with Crippen molar-refractivity contribution in [2.45, 2.75) is 284 Å². The Morgan fingerprint density at radius 2 is 0.621 bits per heavy atom. The average Bonchev–Trinajstić information content (AvgIpc) is 1.74. The Kier molecular flexibility index (Phi) is 99.6. The number of nitrogens with two attached hydrogens (primary N) is 1. The SMILES string of the molecule is CCC(CO)OC(CO)OC.CCC(CO)OC(CO)OC.CCC(CO)OC(COC(=O)CCCC(=O)NCCNC(=O)CCOCCOCCNC(=O)CCN1C(=O)C=CC1=O)OC.CCC(CO)OC(COC(=O)CCCC(=O)O)OC.CCC(CO)OC(COC(=O)CCCC(=O)O)OC.FP.[2H]C(C)(C)N.[2H]C(C)(C)NC(=O)CCCC(=O)OCC(OC)OC(CC)CO. The van der Waals surface area contributed by atoms with Gasteiger partial charge in [0.2, 0.25) is 23.6 Å². The summed E-state index contributed by atoms with van der Waals surface area (Å²) in [6.45, 7) is 18.0. The standard InChI is InChI=1S/C28H46N4O12.C15H29NO6.2C12H22O7.2C7H16O4.C3H9N.FH2P/c1-3-21(19-33)44-28(40-2)20-43-27(39)6-4-5-22(34)29-11-12-30-24(36)10-15-41-17-18-42-16-13-31-23(35)9-14-32-25(37)7-8-26(32)38;1-5-12(9-17)22-15(20-4)10-21-14(19)8-6-7-13(18)16-11(2)3;2*1-3-9(7-13)19-12(17-2)8-18-11(16)6-4-5-10(14)15;2*1-3-6(4-8)11-7(5-9)10-2;1-3(2)4;1-2/h7-8,21,28,33H,3-6,9-20H2,1-2H3,(H,29,34)(H,30,36)(H,31,35);11-12,15,17H,5-10H2,1-4H3,(H,16,18);2*9,12-13H,3-8H2,1-2H3,(H,14,15);2*6-9H,3-5H2,1-2H3;3H,4H2,1-2H3;2H2/i;11D;;;;;3D;. The van der Waals surface area contributed by atoms with Crippen LogP contribution in [0.4, 0.5) is 4.20 Å². The van der Waals surface area contributed by atoms with E-state index in [4.69, 9.17) is 140 Å². The smallest absolute Gasteiger partial charge is 0.305 e. The van der Waals surface area contributed by atoms with Crippen LogP contribution >= 0.6 is 9.55 Å². The second-order valence-electron chi connectivity index (χ2n) is 27.9. The molecule has 1 rings (SSSR count). The molecule has 0 aromatic carbocycles. The van der Waals surface area contributed by atoms with Gasteiger partial charge in [-0.1, -0.05) is 55.4 Å². The highest BCUT2D eigenvalue weighted by Gasteiger charge is 2.26. The summed E-state index contributed by atoms with van der Waals surface area (Å²) in [6, 6.07) is -1.77. The van der Waals surface area contributed by atoms with E-state index in [9.17, 15) is 66.8 Å². The molecule has 16 N–H and O–H groups in total. The van der Waals surface area contributed by atoms with E-state index in [1.54, 1.807) is 27.7 Å². The summed E-state index contributed by atoms with van der Waals surface area (Å²) in [5.74, 6) is -5.75. The monoisotopic (exact) mass is 1950 g/mol. The number of hydrogen-bond donors (Lipinski definition) is 15. The zero-order valence-electron chi connectivity index (χ0n) is 82.1. The van der Waals surface area contributed by atoms with Gasteiger partial charge >= 0.3 is 35.8 Å². The van der Waals surface area contributed by atoms with Crippen LogP contribution < -0.4 is 27.0 Å². The van der Waals surface area contributed by atoms with Crippen LogP contribution in [0, 0.1) is 0 Å². The number of hydrogen-bond acceptors (Lipinski definition) is 39. The van der Waals surface area contributed by atoms with Crippen molar-refractivity contribution < 1.29 is 201 Å². The number of nitrogens with zero attached hydrogens (tertiary/aromatic N) is 1. The molecular formula is C84H162FN6O40P. The van der Waals surface area contributed by atoms with E-state index in [0.717, 1.165) is 14.5 Å². The normalized spacial score (nSPS) is 14.3. The lowest BCUT2D eigenvalue weighted by Crippen LogP contribution is -2.35. The predicted octanol–water partition coefficient (Wildman–Crippen LogP) is 1.20. The summed E-state index contributed by atoms with van der Waals surface area (Å²) in [5, 5.41) is 98.1. The largest absolute Gasteiger partial charge is 0.481 e. The second-order valence-corrected chi connectivity index (χ2v) is 27.9. The highest BCUT2D eigenvalue weighted by Crippen LogP contribution is 2.13. The number of amides is 6. The zero-order valence-corrected chi connectivity index (χ0v) is 81.2. The van der Waals surface area contributed by atoms with Crippen molar-refractivity contribution in [3.05, 3.63) is 12.2 Å². The van der Waals surface area contributed by atoms with E-state index in [2.05, 4.69) is 21.3 Å². The van der Waals surface area contributed by atoms with Crippen LogP contribution in [0.15, 0.2) is 12.2 Å². The number of halogens is 1. The molecule has 1 heterocycles. The Hall–Kier alpha value is -6.98. The van der Waals surface area contributed by atoms with Gasteiger partial charge in [0.15, 0.2) is 37.7 Å². The fourth-order valence-corrected chi connectivity index (χ4v) is 9.01. The molecular weight excluding hydrogens is 1780 g/mol. The van der Waals surface area contributed by atoms with Crippen molar-refractivity contribution in [2.75, 3.05) is 175 Å². The number of ether oxygens (including phenoxy) is 18. The third-order valence-electron chi connectivity index (χ3n) is 16.6. The zero-order chi connectivity index (χ0) is 104. The fraction of sp³-hybridized carbons (Fsp3) is 0.833. The third-order valence-corrected chi connectivity index (χ3v) is 16.6. The van der Waals surface area contributed by atoms with Crippen molar-refractivity contribution in [3.8, 4) is 0 Å². The number of methoxy groups -OCH3 is 6. The van der Waals surface area contributed by atoms with Gasteiger partial charge in [-0.3, -0.25) is 62.4 Å². The maximum atomic E-state index is 11.9. The Bertz CT molecular complexity index is 2830. The summed E-state index contributed by atoms with van der Waals surface area (Å²) in [5.41, 5.74) is 5.02. The molecule has 0 bridgehead atoms. The number of carboxylic acid groups (broad SMARTS) is 2. The number of aliphatic hydroxyl groups excluding tert-OH is 8. The molecule has 6 amide bonds. The van der Waals surface area contributed by atoms with Crippen LogP contribution in [0.5, 0.6) is 0 Å². The Labute approximate surface area is 781 Å². The van der Waals surface area contributed by atoms with Crippen molar-refractivity contribution >= 4 is 80.8 Å². The summed E-state index contributed by atoms with van der Waals surface area (Å²) in [7, 11) is 9.47. The van der Waals surface area contributed by atoms with Crippen molar-refractivity contribution in [3.63, 3.8) is 0 Å². The van der Waals surface area contributed by atoms with Gasteiger partial charge in [0, 0.05) is 153 Å². The number of imide groups is 1. The second kappa shape index (κ2) is 98.5. The lowest BCUT2D eigenvalue weighted by molar-refractivity contribution is -0.194.